The number of aryl methyl sites for hydroxylation is 1. The second-order valence-corrected chi connectivity index (χ2v) is 5.87. The van der Waals surface area contributed by atoms with Crippen LogP contribution in [-0.2, 0) is 10.2 Å². The summed E-state index contributed by atoms with van der Waals surface area (Å²) >= 11 is 0. The second kappa shape index (κ2) is 5.37. The van der Waals surface area contributed by atoms with E-state index in [0.29, 0.717) is 6.54 Å². The standard InChI is InChI=1S/C11H18N2O3S/c1-8(2)7-12-17(15,16)13-10-5-4-9(3)6-11(10)14/h4-6,8,12-14H,7H2,1-3H3. The van der Waals surface area contributed by atoms with Crippen LogP contribution >= 0.6 is 0 Å². The summed E-state index contributed by atoms with van der Waals surface area (Å²) in [6.07, 6.45) is 0. The van der Waals surface area contributed by atoms with E-state index >= 15 is 0 Å². The van der Waals surface area contributed by atoms with Crippen LogP contribution in [0, 0.1) is 12.8 Å². The summed E-state index contributed by atoms with van der Waals surface area (Å²) < 4.78 is 27.9. The summed E-state index contributed by atoms with van der Waals surface area (Å²) in [4.78, 5) is 0. The van der Waals surface area contributed by atoms with E-state index < -0.39 is 10.2 Å². The van der Waals surface area contributed by atoms with E-state index in [2.05, 4.69) is 9.44 Å². The minimum Gasteiger partial charge on any atom is -0.506 e. The molecule has 0 radical (unpaired) electrons. The number of aromatic hydroxyl groups is 1. The molecule has 96 valence electrons. The van der Waals surface area contributed by atoms with Crippen molar-refractivity contribution in [2.24, 2.45) is 5.92 Å². The van der Waals surface area contributed by atoms with Crippen LogP contribution in [0.5, 0.6) is 5.75 Å². The molecule has 0 fully saturated rings. The molecule has 0 spiro atoms. The molecule has 0 aliphatic rings. The summed E-state index contributed by atoms with van der Waals surface area (Å²) in [7, 11) is -3.63. The molecule has 0 aromatic heterocycles. The van der Waals surface area contributed by atoms with Gasteiger partial charge in [0.15, 0.2) is 0 Å². The SMILES string of the molecule is Cc1ccc(NS(=O)(=O)NCC(C)C)c(O)c1. The fourth-order valence-electron chi connectivity index (χ4n) is 1.19. The van der Waals surface area contributed by atoms with Gasteiger partial charge in [0, 0.05) is 6.54 Å². The number of anilines is 1. The lowest BCUT2D eigenvalue weighted by Gasteiger charge is -2.12. The van der Waals surface area contributed by atoms with Gasteiger partial charge in [-0.3, -0.25) is 4.72 Å². The second-order valence-electron chi connectivity index (χ2n) is 4.37. The number of rotatable bonds is 5. The number of hydrogen-bond acceptors (Lipinski definition) is 3. The maximum atomic E-state index is 11.6. The summed E-state index contributed by atoms with van der Waals surface area (Å²) in [6.45, 7) is 5.98. The van der Waals surface area contributed by atoms with E-state index in [0.717, 1.165) is 5.56 Å². The van der Waals surface area contributed by atoms with Crippen LogP contribution in [0.25, 0.3) is 0 Å². The minimum atomic E-state index is -3.63. The highest BCUT2D eigenvalue weighted by Gasteiger charge is 2.12. The van der Waals surface area contributed by atoms with Crippen molar-refractivity contribution in [3.63, 3.8) is 0 Å². The van der Waals surface area contributed by atoms with Crippen molar-refractivity contribution in [1.29, 1.82) is 0 Å². The third-order valence-corrected chi connectivity index (χ3v) is 3.11. The van der Waals surface area contributed by atoms with Gasteiger partial charge in [0.2, 0.25) is 0 Å². The lowest BCUT2D eigenvalue weighted by atomic mass is 10.2. The molecule has 0 bridgehead atoms. The van der Waals surface area contributed by atoms with Gasteiger partial charge in [-0.1, -0.05) is 19.9 Å². The van der Waals surface area contributed by atoms with Crippen molar-refractivity contribution in [1.82, 2.24) is 4.72 Å². The number of nitrogens with one attached hydrogen (secondary N) is 2. The van der Waals surface area contributed by atoms with Crippen LogP contribution < -0.4 is 9.44 Å². The van der Waals surface area contributed by atoms with Gasteiger partial charge < -0.3 is 5.11 Å². The first-order valence-corrected chi connectivity index (χ1v) is 6.85. The molecule has 0 aliphatic carbocycles. The molecular weight excluding hydrogens is 240 g/mol. The van der Waals surface area contributed by atoms with Gasteiger partial charge in [0.05, 0.1) is 5.69 Å². The highest BCUT2D eigenvalue weighted by Crippen LogP contribution is 2.24. The molecule has 17 heavy (non-hydrogen) atoms. The Balaban J connectivity index is 2.76. The van der Waals surface area contributed by atoms with Gasteiger partial charge in [-0.25, -0.2) is 0 Å². The molecule has 0 saturated heterocycles. The van der Waals surface area contributed by atoms with E-state index in [-0.39, 0.29) is 17.4 Å². The zero-order valence-corrected chi connectivity index (χ0v) is 11.0. The molecule has 1 rings (SSSR count). The molecule has 0 heterocycles. The summed E-state index contributed by atoms with van der Waals surface area (Å²) in [5, 5.41) is 9.58. The largest absolute Gasteiger partial charge is 0.506 e. The Morgan fingerprint density at radius 3 is 2.53 bits per heavy atom. The maximum absolute atomic E-state index is 11.6. The van der Waals surface area contributed by atoms with Crippen LogP contribution in [0.3, 0.4) is 0 Å². The highest BCUT2D eigenvalue weighted by atomic mass is 32.2. The molecular formula is C11H18N2O3S. The number of benzene rings is 1. The van der Waals surface area contributed by atoms with Gasteiger partial charge in [0.25, 0.3) is 10.2 Å². The van der Waals surface area contributed by atoms with Gasteiger partial charge in [-0.15, -0.1) is 0 Å². The first kappa shape index (κ1) is 13.8. The van der Waals surface area contributed by atoms with Crippen molar-refractivity contribution in [2.45, 2.75) is 20.8 Å². The maximum Gasteiger partial charge on any atom is 0.299 e. The Bertz CT molecular complexity index is 483. The molecule has 0 saturated carbocycles. The average molecular weight is 258 g/mol. The van der Waals surface area contributed by atoms with Crippen molar-refractivity contribution >= 4 is 15.9 Å². The lowest BCUT2D eigenvalue weighted by Crippen LogP contribution is -2.32. The van der Waals surface area contributed by atoms with E-state index in [1.54, 1.807) is 6.07 Å². The quantitative estimate of drug-likeness (QED) is 0.702. The van der Waals surface area contributed by atoms with E-state index in [9.17, 15) is 13.5 Å². The smallest absolute Gasteiger partial charge is 0.299 e. The zero-order chi connectivity index (χ0) is 13.1. The van der Waals surface area contributed by atoms with Crippen molar-refractivity contribution < 1.29 is 13.5 Å². The average Bonchev–Trinajstić information content (AvgIpc) is 2.20. The fraction of sp³-hybridized carbons (Fsp3) is 0.455. The first-order valence-electron chi connectivity index (χ1n) is 5.37. The Hall–Kier alpha value is -1.27. The number of phenolic OH excluding ortho intramolecular Hbond substituents is 1. The Kier molecular flexibility index (Phi) is 4.36. The predicted molar refractivity (Wildman–Crippen MR) is 68.2 cm³/mol. The molecule has 1 aromatic rings. The Morgan fingerprint density at radius 1 is 1.35 bits per heavy atom. The number of phenols is 1. The summed E-state index contributed by atoms with van der Waals surface area (Å²) in [6, 6.07) is 4.75. The molecule has 0 unspecified atom stereocenters. The van der Waals surface area contributed by atoms with Crippen LogP contribution in [-0.4, -0.2) is 20.1 Å². The third kappa shape index (κ3) is 4.62. The number of hydrogen-bond donors (Lipinski definition) is 3. The molecule has 0 atom stereocenters. The molecule has 5 nitrogen and oxygen atoms in total. The van der Waals surface area contributed by atoms with Crippen molar-refractivity contribution in [3.05, 3.63) is 23.8 Å². The van der Waals surface area contributed by atoms with E-state index in [1.807, 2.05) is 20.8 Å². The van der Waals surface area contributed by atoms with Gasteiger partial charge in [-0.05, 0) is 30.5 Å². The first-order chi connectivity index (χ1) is 7.80. The molecule has 3 N–H and O–H groups in total. The van der Waals surface area contributed by atoms with Crippen LogP contribution in [0.4, 0.5) is 5.69 Å². The molecule has 0 aliphatic heterocycles. The Morgan fingerprint density at radius 2 is 2.00 bits per heavy atom. The third-order valence-electron chi connectivity index (χ3n) is 2.08. The highest BCUT2D eigenvalue weighted by molar-refractivity contribution is 7.90. The van der Waals surface area contributed by atoms with Gasteiger partial charge in [-0.2, -0.15) is 13.1 Å². The van der Waals surface area contributed by atoms with Crippen LogP contribution in [0.15, 0.2) is 18.2 Å². The topological polar surface area (TPSA) is 78.4 Å². The van der Waals surface area contributed by atoms with Crippen LogP contribution in [0.2, 0.25) is 0 Å². The monoisotopic (exact) mass is 258 g/mol. The summed E-state index contributed by atoms with van der Waals surface area (Å²) in [5.74, 6) is 0.137. The fourth-order valence-corrected chi connectivity index (χ4v) is 2.27. The molecule has 1 aromatic carbocycles. The normalized spacial score (nSPS) is 11.8. The van der Waals surface area contributed by atoms with Crippen LogP contribution in [0.1, 0.15) is 19.4 Å². The summed E-state index contributed by atoms with van der Waals surface area (Å²) in [5.41, 5.74) is 1.03. The Labute approximate surface area is 102 Å². The lowest BCUT2D eigenvalue weighted by molar-refractivity contribution is 0.477. The van der Waals surface area contributed by atoms with E-state index in [4.69, 9.17) is 0 Å². The molecule has 6 heteroatoms. The van der Waals surface area contributed by atoms with Gasteiger partial charge >= 0.3 is 0 Å². The zero-order valence-electron chi connectivity index (χ0n) is 10.2. The van der Waals surface area contributed by atoms with Gasteiger partial charge in [0.1, 0.15) is 5.75 Å². The predicted octanol–water partition coefficient (Wildman–Crippen LogP) is 1.60. The minimum absolute atomic E-state index is 0.0834. The van der Waals surface area contributed by atoms with E-state index in [1.165, 1.54) is 12.1 Å². The molecule has 0 amide bonds. The van der Waals surface area contributed by atoms with Crippen molar-refractivity contribution in [3.8, 4) is 5.75 Å². The van der Waals surface area contributed by atoms with Crippen molar-refractivity contribution in [2.75, 3.05) is 11.3 Å².